The van der Waals surface area contributed by atoms with E-state index in [4.69, 9.17) is 27.8 Å². The molecule has 0 bridgehead atoms. The Balaban J connectivity index is 3.00. The standard InChI is InChI=1S/C14H21ClN2O2/c1-3-10(16)8-9-6-5-7-11(15)13(9)19-12(4-2)14(17)18/h5-7,10,12H,3-4,8,16H2,1-2H3,(H2,17,18). The average Bonchev–Trinajstić information content (AvgIpc) is 2.37. The predicted molar refractivity (Wildman–Crippen MR) is 77.3 cm³/mol. The number of para-hydroxylation sites is 1. The first-order valence-electron chi connectivity index (χ1n) is 6.48. The molecule has 0 radical (unpaired) electrons. The number of carbonyl (C=O) groups excluding carboxylic acids is 1. The summed E-state index contributed by atoms with van der Waals surface area (Å²) >= 11 is 6.14. The van der Waals surface area contributed by atoms with E-state index in [-0.39, 0.29) is 6.04 Å². The Bertz CT molecular complexity index is 437. The van der Waals surface area contributed by atoms with Crippen LogP contribution in [0.15, 0.2) is 18.2 Å². The molecule has 4 N–H and O–H groups in total. The van der Waals surface area contributed by atoms with Gasteiger partial charge < -0.3 is 16.2 Å². The van der Waals surface area contributed by atoms with Crippen molar-refractivity contribution in [2.45, 2.75) is 45.3 Å². The van der Waals surface area contributed by atoms with E-state index in [0.29, 0.717) is 23.6 Å². The Labute approximate surface area is 119 Å². The minimum atomic E-state index is -0.670. The number of carbonyl (C=O) groups is 1. The molecule has 0 saturated carbocycles. The number of ether oxygens (including phenoxy) is 1. The molecule has 2 unspecified atom stereocenters. The molecule has 0 aromatic heterocycles. The first kappa shape index (κ1) is 15.8. The summed E-state index contributed by atoms with van der Waals surface area (Å²) in [6.07, 6.45) is 1.34. The van der Waals surface area contributed by atoms with Crippen molar-refractivity contribution in [2.75, 3.05) is 0 Å². The van der Waals surface area contributed by atoms with Gasteiger partial charge in [-0.2, -0.15) is 0 Å². The highest BCUT2D eigenvalue weighted by Crippen LogP contribution is 2.31. The lowest BCUT2D eigenvalue weighted by atomic mass is 10.0. The van der Waals surface area contributed by atoms with Gasteiger partial charge in [0.15, 0.2) is 6.10 Å². The van der Waals surface area contributed by atoms with Gasteiger partial charge >= 0.3 is 0 Å². The van der Waals surface area contributed by atoms with E-state index in [1.54, 1.807) is 6.07 Å². The minimum absolute atomic E-state index is 0.0365. The van der Waals surface area contributed by atoms with Gasteiger partial charge in [0, 0.05) is 6.04 Å². The number of primary amides is 1. The van der Waals surface area contributed by atoms with Crippen molar-refractivity contribution in [3.8, 4) is 5.75 Å². The second kappa shape index (κ2) is 7.36. The molecule has 0 aliphatic rings. The summed E-state index contributed by atoms with van der Waals surface area (Å²) in [5.74, 6) is 0.0203. The molecule has 0 saturated heterocycles. The number of amides is 1. The zero-order valence-corrected chi connectivity index (χ0v) is 12.1. The molecule has 0 spiro atoms. The third kappa shape index (κ3) is 4.40. The Kier molecular flexibility index (Phi) is 6.12. The third-order valence-corrected chi connectivity index (χ3v) is 3.30. The maximum Gasteiger partial charge on any atom is 0.258 e. The van der Waals surface area contributed by atoms with Crippen LogP contribution in [0.5, 0.6) is 5.75 Å². The van der Waals surface area contributed by atoms with Gasteiger partial charge in [0.25, 0.3) is 5.91 Å². The van der Waals surface area contributed by atoms with Crippen LogP contribution in [0.3, 0.4) is 0 Å². The fourth-order valence-corrected chi connectivity index (χ4v) is 2.00. The lowest BCUT2D eigenvalue weighted by Gasteiger charge is -2.19. The van der Waals surface area contributed by atoms with Crippen molar-refractivity contribution in [1.29, 1.82) is 0 Å². The van der Waals surface area contributed by atoms with Gasteiger partial charge in [0.05, 0.1) is 5.02 Å². The summed E-state index contributed by atoms with van der Waals surface area (Å²) in [5, 5.41) is 0.473. The maximum absolute atomic E-state index is 11.3. The molecular formula is C14H21ClN2O2. The topological polar surface area (TPSA) is 78.3 Å². The molecule has 1 amide bonds. The summed E-state index contributed by atoms with van der Waals surface area (Å²) in [5.41, 5.74) is 12.2. The third-order valence-electron chi connectivity index (χ3n) is 3.00. The highest BCUT2D eigenvalue weighted by atomic mass is 35.5. The summed E-state index contributed by atoms with van der Waals surface area (Å²) in [7, 11) is 0. The van der Waals surface area contributed by atoms with Crippen LogP contribution in [0.4, 0.5) is 0 Å². The van der Waals surface area contributed by atoms with Crippen molar-refractivity contribution in [3.05, 3.63) is 28.8 Å². The lowest BCUT2D eigenvalue weighted by Crippen LogP contribution is -2.33. The molecule has 0 aliphatic heterocycles. The zero-order chi connectivity index (χ0) is 14.4. The molecular weight excluding hydrogens is 264 g/mol. The van der Waals surface area contributed by atoms with Crippen molar-refractivity contribution in [2.24, 2.45) is 11.5 Å². The molecule has 1 rings (SSSR count). The average molecular weight is 285 g/mol. The highest BCUT2D eigenvalue weighted by molar-refractivity contribution is 6.32. The van der Waals surface area contributed by atoms with Crippen LogP contribution in [0.1, 0.15) is 32.3 Å². The van der Waals surface area contributed by atoms with E-state index in [1.165, 1.54) is 0 Å². The summed E-state index contributed by atoms with van der Waals surface area (Å²) in [6, 6.07) is 5.52. The van der Waals surface area contributed by atoms with Crippen LogP contribution in [0.2, 0.25) is 5.02 Å². The SMILES string of the molecule is CCC(N)Cc1cccc(Cl)c1OC(CC)C(N)=O. The fraction of sp³-hybridized carbons (Fsp3) is 0.500. The Morgan fingerprint density at radius 1 is 1.37 bits per heavy atom. The van der Waals surface area contributed by atoms with Crippen molar-refractivity contribution < 1.29 is 9.53 Å². The van der Waals surface area contributed by atoms with Crippen molar-refractivity contribution in [3.63, 3.8) is 0 Å². The van der Waals surface area contributed by atoms with Crippen LogP contribution < -0.4 is 16.2 Å². The van der Waals surface area contributed by atoms with Crippen LogP contribution in [-0.4, -0.2) is 18.1 Å². The van der Waals surface area contributed by atoms with Crippen LogP contribution in [0.25, 0.3) is 0 Å². The molecule has 0 fully saturated rings. The summed E-state index contributed by atoms with van der Waals surface area (Å²) in [6.45, 7) is 3.86. The number of benzene rings is 1. The van der Waals surface area contributed by atoms with Gasteiger partial charge in [0.1, 0.15) is 5.75 Å². The van der Waals surface area contributed by atoms with Crippen LogP contribution in [-0.2, 0) is 11.2 Å². The number of halogens is 1. The molecule has 1 aromatic rings. The van der Waals surface area contributed by atoms with Gasteiger partial charge in [0.2, 0.25) is 0 Å². The second-order valence-electron chi connectivity index (χ2n) is 4.52. The van der Waals surface area contributed by atoms with Gasteiger partial charge in [-0.3, -0.25) is 4.79 Å². The van der Waals surface area contributed by atoms with Crippen LogP contribution >= 0.6 is 11.6 Å². The highest BCUT2D eigenvalue weighted by Gasteiger charge is 2.19. The number of hydrogen-bond donors (Lipinski definition) is 2. The largest absolute Gasteiger partial charge is 0.479 e. The quantitative estimate of drug-likeness (QED) is 0.806. The number of hydrogen-bond acceptors (Lipinski definition) is 3. The second-order valence-corrected chi connectivity index (χ2v) is 4.92. The molecule has 0 heterocycles. The first-order valence-corrected chi connectivity index (χ1v) is 6.86. The number of rotatable bonds is 7. The summed E-state index contributed by atoms with van der Waals surface area (Å²) in [4.78, 5) is 11.3. The van der Waals surface area contributed by atoms with Gasteiger partial charge in [-0.15, -0.1) is 0 Å². The van der Waals surface area contributed by atoms with E-state index in [2.05, 4.69) is 0 Å². The van der Waals surface area contributed by atoms with E-state index in [9.17, 15) is 4.79 Å². The van der Waals surface area contributed by atoms with E-state index >= 15 is 0 Å². The fourth-order valence-electron chi connectivity index (χ4n) is 1.76. The molecule has 5 heteroatoms. The van der Waals surface area contributed by atoms with Gasteiger partial charge in [-0.05, 0) is 30.9 Å². The Morgan fingerprint density at radius 3 is 2.58 bits per heavy atom. The Morgan fingerprint density at radius 2 is 2.05 bits per heavy atom. The molecule has 19 heavy (non-hydrogen) atoms. The molecule has 4 nitrogen and oxygen atoms in total. The normalized spacial score (nSPS) is 13.9. The predicted octanol–water partition coefficient (Wildman–Crippen LogP) is 2.26. The smallest absolute Gasteiger partial charge is 0.258 e. The zero-order valence-electron chi connectivity index (χ0n) is 11.4. The maximum atomic E-state index is 11.3. The minimum Gasteiger partial charge on any atom is -0.479 e. The van der Waals surface area contributed by atoms with Crippen molar-refractivity contribution >= 4 is 17.5 Å². The first-order chi connectivity index (χ1) is 8.99. The monoisotopic (exact) mass is 284 g/mol. The van der Waals surface area contributed by atoms with E-state index < -0.39 is 12.0 Å². The van der Waals surface area contributed by atoms with Gasteiger partial charge in [-0.25, -0.2) is 0 Å². The van der Waals surface area contributed by atoms with E-state index in [0.717, 1.165) is 12.0 Å². The molecule has 2 atom stereocenters. The number of nitrogens with two attached hydrogens (primary N) is 2. The molecule has 0 aliphatic carbocycles. The van der Waals surface area contributed by atoms with E-state index in [1.807, 2.05) is 26.0 Å². The van der Waals surface area contributed by atoms with Crippen molar-refractivity contribution in [1.82, 2.24) is 0 Å². The molecule has 106 valence electrons. The lowest BCUT2D eigenvalue weighted by molar-refractivity contribution is -0.124. The molecule has 1 aromatic carbocycles. The van der Waals surface area contributed by atoms with Crippen LogP contribution in [0, 0.1) is 0 Å². The van der Waals surface area contributed by atoms with Gasteiger partial charge in [-0.1, -0.05) is 37.6 Å². The Hall–Kier alpha value is -1.26. The summed E-state index contributed by atoms with van der Waals surface area (Å²) < 4.78 is 5.67.